The fourth-order valence-corrected chi connectivity index (χ4v) is 3.17. The van der Waals surface area contributed by atoms with Gasteiger partial charge in [0, 0.05) is 28.7 Å². The molecule has 0 saturated carbocycles. The van der Waals surface area contributed by atoms with Crippen LogP contribution in [0.4, 0.5) is 0 Å². The van der Waals surface area contributed by atoms with Gasteiger partial charge in [-0.3, -0.25) is 0 Å². The number of ether oxygens (including phenoxy) is 3. The van der Waals surface area contributed by atoms with Crippen molar-refractivity contribution in [3.63, 3.8) is 0 Å². The molecular weight excluding hydrogens is 461 g/mol. The molecule has 3 aromatic carbocycles. The molecule has 0 spiro atoms. The second-order valence-electron chi connectivity index (χ2n) is 7.97. The number of aliphatic hydroxyl groups excluding tert-OH is 1. The molecule has 176 valence electrons. The molecule has 5 nitrogen and oxygen atoms in total. The largest absolute Gasteiger partial charge is 0.491 e. The highest BCUT2D eigenvalue weighted by Crippen LogP contribution is 2.33. The van der Waals surface area contributed by atoms with Crippen LogP contribution in [0, 0.1) is 0 Å². The minimum atomic E-state index is -0.619. The maximum atomic E-state index is 10.1. The molecule has 3 rings (SSSR count). The van der Waals surface area contributed by atoms with Crippen molar-refractivity contribution < 1.29 is 19.3 Å². The van der Waals surface area contributed by atoms with E-state index in [2.05, 4.69) is 5.32 Å². The zero-order valence-electron chi connectivity index (χ0n) is 18.8. The van der Waals surface area contributed by atoms with Crippen molar-refractivity contribution in [2.45, 2.75) is 39.2 Å². The first kappa shape index (κ1) is 25.2. The third-order valence-electron chi connectivity index (χ3n) is 4.73. The Bertz CT molecular complexity index is 994. The first-order chi connectivity index (χ1) is 15.9. The van der Waals surface area contributed by atoms with Crippen molar-refractivity contribution in [3.8, 4) is 17.2 Å². The van der Waals surface area contributed by atoms with Gasteiger partial charge in [-0.25, -0.2) is 0 Å². The van der Waals surface area contributed by atoms with Crippen molar-refractivity contribution >= 4 is 23.2 Å². The Morgan fingerprint density at radius 3 is 1.85 bits per heavy atom. The van der Waals surface area contributed by atoms with Crippen LogP contribution in [0.1, 0.15) is 25.0 Å². The summed E-state index contributed by atoms with van der Waals surface area (Å²) in [7, 11) is 0. The predicted octanol–water partition coefficient (Wildman–Crippen LogP) is 5.89. The highest BCUT2D eigenvalue weighted by molar-refractivity contribution is 6.30. The zero-order valence-corrected chi connectivity index (χ0v) is 20.3. The van der Waals surface area contributed by atoms with E-state index in [0.717, 1.165) is 11.1 Å². The Kier molecular flexibility index (Phi) is 9.70. The fraction of sp³-hybridized carbons (Fsp3) is 0.308. The van der Waals surface area contributed by atoms with E-state index >= 15 is 0 Å². The molecule has 0 aliphatic carbocycles. The lowest BCUT2D eigenvalue weighted by Crippen LogP contribution is -2.35. The highest BCUT2D eigenvalue weighted by Gasteiger charge is 2.11. The molecule has 1 atom stereocenters. The molecular formula is C26H29Cl2NO4. The third-order valence-corrected chi connectivity index (χ3v) is 5.24. The van der Waals surface area contributed by atoms with Gasteiger partial charge in [0.2, 0.25) is 0 Å². The molecule has 0 heterocycles. The van der Waals surface area contributed by atoms with E-state index in [1.165, 1.54) is 0 Å². The van der Waals surface area contributed by atoms with Gasteiger partial charge in [0.1, 0.15) is 31.7 Å². The summed E-state index contributed by atoms with van der Waals surface area (Å²) in [4.78, 5) is 0. The van der Waals surface area contributed by atoms with Gasteiger partial charge in [0.15, 0.2) is 11.5 Å². The Morgan fingerprint density at radius 2 is 1.30 bits per heavy atom. The fourth-order valence-electron chi connectivity index (χ4n) is 2.92. The summed E-state index contributed by atoms with van der Waals surface area (Å²) in [5, 5.41) is 14.7. The van der Waals surface area contributed by atoms with Crippen LogP contribution >= 0.6 is 23.2 Å². The Morgan fingerprint density at radius 1 is 0.758 bits per heavy atom. The number of hydrogen-bond donors (Lipinski definition) is 2. The van der Waals surface area contributed by atoms with Gasteiger partial charge in [-0.1, -0.05) is 61.3 Å². The first-order valence-electron chi connectivity index (χ1n) is 10.8. The van der Waals surface area contributed by atoms with E-state index in [9.17, 15) is 5.11 Å². The van der Waals surface area contributed by atoms with Gasteiger partial charge in [-0.05, 0) is 47.5 Å². The van der Waals surface area contributed by atoms with Crippen LogP contribution in [-0.2, 0) is 13.2 Å². The normalized spacial score (nSPS) is 11.9. The molecule has 0 aromatic heterocycles. The Labute approximate surface area is 205 Å². The average Bonchev–Trinajstić information content (AvgIpc) is 2.81. The van der Waals surface area contributed by atoms with Crippen molar-refractivity contribution in [1.82, 2.24) is 5.32 Å². The summed E-state index contributed by atoms with van der Waals surface area (Å²) < 4.78 is 17.8. The molecule has 0 radical (unpaired) electrons. The topological polar surface area (TPSA) is 60.0 Å². The number of aliphatic hydroxyl groups is 1. The van der Waals surface area contributed by atoms with Crippen molar-refractivity contribution in [2.75, 3.05) is 13.2 Å². The lowest BCUT2D eigenvalue weighted by atomic mass is 10.2. The Hall–Kier alpha value is -2.44. The minimum Gasteiger partial charge on any atom is -0.491 e. The molecule has 33 heavy (non-hydrogen) atoms. The molecule has 0 amide bonds. The summed E-state index contributed by atoms with van der Waals surface area (Å²) in [6, 6.07) is 20.6. The molecule has 1 unspecified atom stereocenters. The monoisotopic (exact) mass is 489 g/mol. The van der Waals surface area contributed by atoms with Gasteiger partial charge in [0.05, 0.1) is 0 Å². The van der Waals surface area contributed by atoms with E-state index in [0.29, 0.717) is 53.1 Å². The standard InChI is InChI=1S/C26H29Cl2NO4/c1-18(2)29-14-23(30)17-31-24-11-12-25(32-15-19-3-7-21(27)8-4-19)26(13-24)33-16-20-5-9-22(28)10-6-20/h3-13,18,23,29-30H,14-17H2,1-2H3. The molecule has 3 aromatic rings. The van der Waals surface area contributed by atoms with Crippen molar-refractivity contribution in [1.29, 1.82) is 0 Å². The number of benzene rings is 3. The van der Waals surface area contributed by atoms with Gasteiger partial charge in [-0.2, -0.15) is 0 Å². The lowest BCUT2D eigenvalue weighted by molar-refractivity contribution is 0.104. The highest BCUT2D eigenvalue weighted by atomic mass is 35.5. The number of hydrogen-bond acceptors (Lipinski definition) is 5. The molecule has 0 aliphatic rings. The van der Waals surface area contributed by atoms with Crippen LogP contribution in [-0.4, -0.2) is 30.4 Å². The number of rotatable bonds is 12. The van der Waals surface area contributed by atoms with Gasteiger partial charge in [-0.15, -0.1) is 0 Å². The second-order valence-corrected chi connectivity index (χ2v) is 8.84. The summed E-state index contributed by atoms with van der Waals surface area (Å²) in [6.07, 6.45) is -0.619. The van der Waals surface area contributed by atoms with Crippen LogP contribution in [0.15, 0.2) is 66.7 Å². The maximum absolute atomic E-state index is 10.1. The quantitative estimate of drug-likeness (QED) is 0.332. The zero-order chi connectivity index (χ0) is 23.6. The van der Waals surface area contributed by atoms with E-state index < -0.39 is 6.10 Å². The maximum Gasteiger partial charge on any atom is 0.165 e. The van der Waals surface area contributed by atoms with Crippen molar-refractivity contribution in [2.24, 2.45) is 0 Å². The third kappa shape index (κ3) is 8.78. The summed E-state index contributed by atoms with van der Waals surface area (Å²) in [6.45, 7) is 5.40. The number of halogens is 2. The van der Waals surface area contributed by atoms with E-state index in [4.69, 9.17) is 37.4 Å². The predicted molar refractivity (Wildman–Crippen MR) is 133 cm³/mol. The second kappa shape index (κ2) is 12.7. The SMILES string of the molecule is CC(C)NCC(O)COc1ccc(OCc2ccc(Cl)cc2)c(OCc2ccc(Cl)cc2)c1. The molecule has 0 saturated heterocycles. The van der Waals surface area contributed by atoms with Crippen LogP contribution in [0.5, 0.6) is 17.2 Å². The van der Waals surface area contributed by atoms with Gasteiger partial charge in [0.25, 0.3) is 0 Å². The van der Waals surface area contributed by atoms with Crippen molar-refractivity contribution in [3.05, 3.63) is 87.9 Å². The Balaban J connectivity index is 1.68. The molecule has 0 bridgehead atoms. The van der Waals surface area contributed by atoms with Crippen LogP contribution in [0.25, 0.3) is 0 Å². The smallest absolute Gasteiger partial charge is 0.165 e. The summed E-state index contributed by atoms with van der Waals surface area (Å²) >= 11 is 11.9. The van der Waals surface area contributed by atoms with Crippen LogP contribution in [0.2, 0.25) is 10.0 Å². The summed E-state index contributed by atoms with van der Waals surface area (Å²) in [5.74, 6) is 1.73. The van der Waals surface area contributed by atoms with Crippen LogP contribution < -0.4 is 19.5 Å². The average molecular weight is 490 g/mol. The lowest BCUT2D eigenvalue weighted by Gasteiger charge is -2.17. The van der Waals surface area contributed by atoms with Gasteiger partial charge >= 0.3 is 0 Å². The van der Waals surface area contributed by atoms with E-state index in [-0.39, 0.29) is 6.61 Å². The van der Waals surface area contributed by atoms with Crippen LogP contribution in [0.3, 0.4) is 0 Å². The molecule has 7 heteroatoms. The first-order valence-corrected chi connectivity index (χ1v) is 11.6. The minimum absolute atomic E-state index is 0.168. The molecule has 2 N–H and O–H groups in total. The number of nitrogens with one attached hydrogen (secondary N) is 1. The van der Waals surface area contributed by atoms with E-state index in [1.807, 2.05) is 62.4 Å². The van der Waals surface area contributed by atoms with E-state index in [1.54, 1.807) is 18.2 Å². The molecule has 0 fully saturated rings. The molecule has 0 aliphatic heterocycles. The van der Waals surface area contributed by atoms with Gasteiger partial charge < -0.3 is 24.6 Å². The summed E-state index contributed by atoms with van der Waals surface area (Å²) in [5.41, 5.74) is 1.97.